The van der Waals surface area contributed by atoms with Crippen molar-refractivity contribution in [1.82, 2.24) is 14.6 Å². The highest BCUT2D eigenvalue weighted by Crippen LogP contribution is 2.27. The van der Waals surface area contributed by atoms with E-state index in [4.69, 9.17) is 0 Å². The molecule has 0 radical (unpaired) electrons. The fourth-order valence-electron chi connectivity index (χ4n) is 4.02. The smallest absolute Gasteiger partial charge is 0.243 e. The van der Waals surface area contributed by atoms with E-state index in [1.54, 1.807) is 0 Å². The van der Waals surface area contributed by atoms with Crippen molar-refractivity contribution in [2.45, 2.75) is 30.3 Å². The van der Waals surface area contributed by atoms with Crippen molar-refractivity contribution in [3.63, 3.8) is 0 Å². The number of benzene rings is 2. The first-order valence-corrected chi connectivity index (χ1v) is 12.5. The van der Waals surface area contributed by atoms with Crippen LogP contribution >= 0.6 is 0 Å². The van der Waals surface area contributed by atoms with Gasteiger partial charge in [0.25, 0.3) is 0 Å². The highest BCUT2D eigenvalue weighted by molar-refractivity contribution is 7.89. The van der Waals surface area contributed by atoms with Gasteiger partial charge in [-0.15, -0.1) is 0 Å². The van der Waals surface area contributed by atoms with Crippen molar-refractivity contribution in [1.29, 1.82) is 0 Å². The molecular formula is C25H27FN4O3S. The number of anilines is 1. The number of pyridine rings is 1. The molecule has 0 spiro atoms. The summed E-state index contributed by atoms with van der Waals surface area (Å²) in [6, 6.07) is 15.6. The lowest BCUT2D eigenvalue weighted by molar-refractivity contribution is -0.124. The van der Waals surface area contributed by atoms with Crippen LogP contribution in [-0.2, 0) is 21.4 Å². The van der Waals surface area contributed by atoms with E-state index >= 15 is 0 Å². The van der Waals surface area contributed by atoms with Crippen molar-refractivity contribution in [2.24, 2.45) is 0 Å². The summed E-state index contributed by atoms with van der Waals surface area (Å²) in [5.41, 5.74) is 2.84. The Morgan fingerprint density at radius 2 is 1.88 bits per heavy atom. The normalized spacial score (nSPS) is 16.4. The van der Waals surface area contributed by atoms with Crippen LogP contribution in [0.4, 0.5) is 10.2 Å². The van der Waals surface area contributed by atoms with Gasteiger partial charge in [0, 0.05) is 38.9 Å². The Kier molecular flexibility index (Phi) is 6.95. The van der Waals surface area contributed by atoms with Gasteiger partial charge in [-0.2, -0.15) is 4.31 Å². The third kappa shape index (κ3) is 5.10. The van der Waals surface area contributed by atoms with Gasteiger partial charge in [0.15, 0.2) is 0 Å². The number of sulfonamides is 1. The largest absolute Gasteiger partial charge is 0.363 e. The molecule has 2 heterocycles. The maximum absolute atomic E-state index is 13.2. The van der Waals surface area contributed by atoms with Gasteiger partial charge in [0.05, 0.1) is 4.90 Å². The minimum absolute atomic E-state index is 0.0183. The minimum atomic E-state index is -3.89. The summed E-state index contributed by atoms with van der Waals surface area (Å²) in [5.74, 6) is 0.00999. The number of nitrogens with one attached hydrogen (secondary N) is 1. The molecule has 9 heteroatoms. The van der Waals surface area contributed by atoms with Crippen molar-refractivity contribution in [3.8, 4) is 11.1 Å². The molecule has 1 fully saturated rings. The molecule has 7 nitrogen and oxygen atoms in total. The topological polar surface area (TPSA) is 82.6 Å². The zero-order valence-electron chi connectivity index (χ0n) is 19.1. The van der Waals surface area contributed by atoms with Crippen LogP contribution in [0.3, 0.4) is 0 Å². The van der Waals surface area contributed by atoms with E-state index in [-0.39, 0.29) is 23.9 Å². The molecule has 1 unspecified atom stereocenters. The molecule has 178 valence electrons. The van der Waals surface area contributed by atoms with Gasteiger partial charge in [-0.3, -0.25) is 4.79 Å². The van der Waals surface area contributed by atoms with Crippen molar-refractivity contribution < 1.29 is 17.6 Å². The molecule has 0 saturated carbocycles. The van der Waals surface area contributed by atoms with Crippen LogP contribution in [0.2, 0.25) is 0 Å². The summed E-state index contributed by atoms with van der Waals surface area (Å²) in [6.07, 6.45) is 2.84. The van der Waals surface area contributed by atoms with E-state index in [1.165, 1.54) is 16.4 Å². The second kappa shape index (κ2) is 9.90. The van der Waals surface area contributed by atoms with Gasteiger partial charge >= 0.3 is 0 Å². The van der Waals surface area contributed by atoms with Crippen LogP contribution in [0, 0.1) is 5.82 Å². The molecule has 1 atom stereocenters. The lowest BCUT2D eigenvalue weighted by atomic mass is 10.0. The number of carbonyl (C=O) groups excluding carboxylic acids is 1. The van der Waals surface area contributed by atoms with Gasteiger partial charge in [0.2, 0.25) is 15.9 Å². The Labute approximate surface area is 199 Å². The maximum atomic E-state index is 13.2. The molecule has 0 bridgehead atoms. The lowest BCUT2D eigenvalue weighted by Crippen LogP contribution is -2.45. The van der Waals surface area contributed by atoms with Gasteiger partial charge < -0.3 is 10.2 Å². The van der Waals surface area contributed by atoms with Crippen LogP contribution in [0.15, 0.2) is 71.8 Å². The Bertz CT molecular complexity index is 1260. The number of hydrogen-bond donors (Lipinski definition) is 1. The van der Waals surface area contributed by atoms with Crippen LogP contribution in [0.5, 0.6) is 0 Å². The van der Waals surface area contributed by atoms with E-state index < -0.39 is 21.9 Å². The van der Waals surface area contributed by atoms with Crippen molar-refractivity contribution >= 4 is 21.7 Å². The molecule has 34 heavy (non-hydrogen) atoms. The molecule has 1 amide bonds. The summed E-state index contributed by atoms with van der Waals surface area (Å²) in [5, 5.41) is 2.88. The summed E-state index contributed by atoms with van der Waals surface area (Å²) < 4.78 is 40.5. The average Bonchev–Trinajstić information content (AvgIpc) is 3.34. The quantitative estimate of drug-likeness (QED) is 0.558. The van der Waals surface area contributed by atoms with Crippen LogP contribution in [0.1, 0.15) is 18.4 Å². The average molecular weight is 483 g/mol. The van der Waals surface area contributed by atoms with Crippen molar-refractivity contribution in [3.05, 3.63) is 78.2 Å². The summed E-state index contributed by atoms with van der Waals surface area (Å²) >= 11 is 0. The molecule has 2 aromatic carbocycles. The minimum Gasteiger partial charge on any atom is -0.363 e. The molecule has 0 aliphatic carbocycles. The monoisotopic (exact) mass is 482 g/mol. The molecule has 3 aromatic rings. The lowest BCUT2D eigenvalue weighted by Gasteiger charge is -2.23. The predicted molar refractivity (Wildman–Crippen MR) is 129 cm³/mol. The molecule has 1 aromatic heterocycles. The first kappa shape index (κ1) is 23.8. The second-order valence-electron chi connectivity index (χ2n) is 8.45. The Hall–Kier alpha value is -3.30. The predicted octanol–water partition coefficient (Wildman–Crippen LogP) is 3.42. The van der Waals surface area contributed by atoms with E-state index in [2.05, 4.69) is 10.3 Å². The zero-order chi connectivity index (χ0) is 24.3. The number of carbonyl (C=O) groups is 1. The Morgan fingerprint density at radius 1 is 1.12 bits per heavy atom. The maximum Gasteiger partial charge on any atom is 0.243 e. The van der Waals surface area contributed by atoms with Crippen LogP contribution in [0.25, 0.3) is 11.1 Å². The van der Waals surface area contributed by atoms with Gasteiger partial charge in [-0.25, -0.2) is 17.8 Å². The van der Waals surface area contributed by atoms with E-state index in [9.17, 15) is 17.6 Å². The van der Waals surface area contributed by atoms with Gasteiger partial charge in [-0.1, -0.05) is 18.2 Å². The first-order chi connectivity index (χ1) is 16.3. The van der Waals surface area contributed by atoms with E-state index in [1.807, 2.05) is 61.6 Å². The number of nitrogens with zero attached hydrogens (tertiary/aromatic N) is 3. The number of amides is 1. The fourth-order valence-corrected chi connectivity index (χ4v) is 5.68. The first-order valence-electron chi connectivity index (χ1n) is 11.0. The fraction of sp³-hybridized carbons (Fsp3) is 0.280. The summed E-state index contributed by atoms with van der Waals surface area (Å²) in [7, 11) is -0.0252. The highest BCUT2D eigenvalue weighted by atomic mass is 32.2. The van der Waals surface area contributed by atoms with Crippen molar-refractivity contribution in [2.75, 3.05) is 25.5 Å². The molecule has 4 rings (SSSR count). The summed E-state index contributed by atoms with van der Waals surface area (Å²) in [6.45, 7) is 0.528. The standard InChI is InChI=1S/C25H27FN4O3S/c1-29(2)24-13-8-20(17-27-24)19-6-3-5-18(15-19)16-28-25(31)23-7-4-14-30(23)34(32,33)22-11-9-21(26)10-12-22/h3,5-6,8-13,15,17,23H,4,7,14,16H2,1-2H3,(H,28,31). The van der Waals surface area contributed by atoms with E-state index in [0.717, 1.165) is 34.6 Å². The number of hydrogen-bond acceptors (Lipinski definition) is 5. The Balaban J connectivity index is 1.44. The highest BCUT2D eigenvalue weighted by Gasteiger charge is 2.39. The van der Waals surface area contributed by atoms with Crippen LogP contribution in [-0.4, -0.2) is 50.3 Å². The number of halogens is 1. The molecule has 1 aliphatic heterocycles. The summed E-state index contributed by atoms with van der Waals surface area (Å²) in [4.78, 5) is 19.3. The number of aromatic nitrogens is 1. The Morgan fingerprint density at radius 3 is 2.56 bits per heavy atom. The molecule has 1 N–H and O–H groups in total. The third-order valence-corrected chi connectivity index (χ3v) is 7.78. The van der Waals surface area contributed by atoms with Gasteiger partial charge in [-0.05, 0) is 66.4 Å². The molecule has 1 saturated heterocycles. The molecule has 1 aliphatic rings. The zero-order valence-corrected chi connectivity index (χ0v) is 19.9. The third-order valence-electron chi connectivity index (χ3n) is 5.86. The SMILES string of the molecule is CN(C)c1ccc(-c2cccc(CNC(=O)C3CCCN3S(=O)(=O)c3ccc(F)cc3)c2)cn1. The molecular weight excluding hydrogens is 455 g/mol. The van der Waals surface area contributed by atoms with Crippen LogP contribution < -0.4 is 10.2 Å². The number of rotatable bonds is 7. The second-order valence-corrected chi connectivity index (χ2v) is 10.3. The van der Waals surface area contributed by atoms with E-state index in [0.29, 0.717) is 12.8 Å². The van der Waals surface area contributed by atoms with Gasteiger partial charge in [0.1, 0.15) is 17.7 Å².